The third-order valence-electron chi connectivity index (χ3n) is 2.88. The molecular formula is C12H21FO3. The van der Waals surface area contributed by atoms with Crippen LogP contribution in [0.25, 0.3) is 0 Å². The SMILES string of the molecule is CC(=O)O[C@@H]1[C@H](F)[C@H](C(C)C)O[C@@H]1C(C)C. The monoisotopic (exact) mass is 232 g/mol. The molecule has 0 saturated carbocycles. The van der Waals surface area contributed by atoms with E-state index >= 15 is 0 Å². The van der Waals surface area contributed by atoms with Crippen LogP contribution in [-0.2, 0) is 14.3 Å². The van der Waals surface area contributed by atoms with Crippen molar-refractivity contribution in [2.75, 3.05) is 0 Å². The van der Waals surface area contributed by atoms with Crippen molar-refractivity contribution < 1.29 is 18.7 Å². The number of carbonyl (C=O) groups is 1. The largest absolute Gasteiger partial charge is 0.457 e. The van der Waals surface area contributed by atoms with Gasteiger partial charge in [0, 0.05) is 6.92 Å². The number of ether oxygens (including phenoxy) is 2. The highest BCUT2D eigenvalue weighted by Crippen LogP contribution is 2.34. The second kappa shape index (κ2) is 5.13. The number of rotatable bonds is 3. The maximum atomic E-state index is 14.1. The summed E-state index contributed by atoms with van der Waals surface area (Å²) in [6.07, 6.45) is -2.80. The van der Waals surface area contributed by atoms with Crippen LogP contribution in [0.2, 0.25) is 0 Å². The van der Waals surface area contributed by atoms with Crippen LogP contribution in [-0.4, -0.2) is 30.5 Å². The van der Waals surface area contributed by atoms with Crippen molar-refractivity contribution in [3.63, 3.8) is 0 Å². The van der Waals surface area contributed by atoms with Crippen LogP contribution in [0.1, 0.15) is 34.6 Å². The second-order valence-electron chi connectivity index (χ2n) is 5.07. The molecule has 1 saturated heterocycles. The molecule has 1 fully saturated rings. The summed E-state index contributed by atoms with van der Waals surface area (Å²) < 4.78 is 24.8. The first-order chi connectivity index (χ1) is 7.34. The predicted octanol–water partition coefficient (Wildman–Crippen LogP) is 2.34. The van der Waals surface area contributed by atoms with Crippen LogP contribution < -0.4 is 0 Å². The Labute approximate surface area is 96.3 Å². The number of hydrogen-bond donors (Lipinski definition) is 0. The van der Waals surface area contributed by atoms with E-state index < -0.39 is 24.3 Å². The molecule has 4 atom stereocenters. The molecule has 0 spiro atoms. The van der Waals surface area contributed by atoms with Gasteiger partial charge in [-0.3, -0.25) is 4.79 Å². The summed E-state index contributed by atoms with van der Waals surface area (Å²) in [5.74, 6) is -0.241. The molecule has 1 aliphatic heterocycles. The van der Waals surface area contributed by atoms with Gasteiger partial charge in [0.05, 0.1) is 6.10 Å². The fourth-order valence-electron chi connectivity index (χ4n) is 2.09. The van der Waals surface area contributed by atoms with E-state index in [1.54, 1.807) is 0 Å². The Hall–Kier alpha value is -0.640. The molecule has 3 nitrogen and oxygen atoms in total. The average Bonchev–Trinajstić information content (AvgIpc) is 2.43. The van der Waals surface area contributed by atoms with E-state index in [2.05, 4.69) is 0 Å². The predicted molar refractivity (Wildman–Crippen MR) is 58.8 cm³/mol. The standard InChI is InChI=1S/C12H21FO3/c1-6(2)10-9(13)12(15-8(5)14)11(16-10)7(3)4/h6-7,9-12H,1-5H3/t9-,10+,11-,12-/m1/s1. The maximum Gasteiger partial charge on any atom is 0.303 e. The Morgan fingerprint density at radius 2 is 1.69 bits per heavy atom. The van der Waals surface area contributed by atoms with E-state index in [1.165, 1.54) is 6.92 Å². The van der Waals surface area contributed by atoms with Gasteiger partial charge < -0.3 is 9.47 Å². The van der Waals surface area contributed by atoms with E-state index in [9.17, 15) is 9.18 Å². The van der Waals surface area contributed by atoms with Crippen molar-refractivity contribution in [1.29, 1.82) is 0 Å². The van der Waals surface area contributed by atoms with Crippen molar-refractivity contribution in [3.8, 4) is 0 Å². The third-order valence-corrected chi connectivity index (χ3v) is 2.88. The zero-order valence-corrected chi connectivity index (χ0v) is 10.6. The van der Waals surface area contributed by atoms with E-state index in [0.29, 0.717) is 0 Å². The van der Waals surface area contributed by atoms with E-state index in [0.717, 1.165) is 0 Å². The molecule has 0 aromatic carbocycles. The molecule has 16 heavy (non-hydrogen) atoms. The van der Waals surface area contributed by atoms with Crippen LogP contribution in [0.5, 0.6) is 0 Å². The summed E-state index contributed by atoms with van der Waals surface area (Å²) in [5.41, 5.74) is 0. The quantitative estimate of drug-likeness (QED) is 0.701. The van der Waals surface area contributed by atoms with Crippen LogP contribution >= 0.6 is 0 Å². The van der Waals surface area contributed by atoms with Gasteiger partial charge in [0.15, 0.2) is 12.3 Å². The molecule has 0 aromatic rings. The summed E-state index contributed by atoms with van der Waals surface area (Å²) in [5, 5.41) is 0. The minimum Gasteiger partial charge on any atom is -0.457 e. The van der Waals surface area contributed by atoms with Crippen molar-refractivity contribution in [2.24, 2.45) is 11.8 Å². The molecular weight excluding hydrogens is 211 g/mol. The number of alkyl halides is 1. The molecule has 0 bridgehead atoms. The Morgan fingerprint density at radius 3 is 2.06 bits per heavy atom. The minimum atomic E-state index is -1.23. The van der Waals surface area contributed by atoms with Crippen LogP contribution in [0.15, 0.2) is 0 Å². The first-order valence-corrected chi connectivity index (χ1v) is 5.81. The second-order valence-corrected chi connectivity index (χ2v) is 5.07. The van der Waals surface area contributed by atoms with Gasteiger partial charge in [-0.05, 0) is 11.8 Å². The molecule has 0 amide bonds. The molecule has 0 N–H and O–H groups in total. The van der Waals surface area contributed by atoms with Crippen molar-refractivity contribution in [3.05, 3.63) is 0 Å². The van der Waals surface area contributed by atoms with Gasteiger partial charge in [-0.15, -0.1) is 0 Å². The van der Waals surface area contributed by atoms with Crippen molar-refractivity contribution in [2.45, 2.75) is 59.1 Å². The topological polar surface area (TPSA) is 35.5 Å². The Balaban J connectivity index is 2.80. The third kappa shape index (κ3) is 2.73. The molecule has 0 radical (unpaired) electrons. The summed E-state index contributed by atoms with van der Waals surface area (Å²) in [6.45, 7) is 9.00. The fraction of sp³-hybridized carbons (Fsp3) is 0.917. The summed E-state index contributed by atoms with van der Waals surface area (Å²) in [6, 6.07) is 0. The van der Waals surface area contributed by atoms with Gasteiger partial charge >= 0.3 is 5.97 Å². The van der Waals surface area contributed by atoms with Crippen molar-refractivity contribution >= 4 is 5.97 Å². The first kappa shape index (κ1) is 13.4. The van der Waals surface area contributed by atoms with Gasteiger partial charge in [-0.1, -0.05) is 27.7 Å². The zero-order chi connectivity index (χ0) is 12.5. The molecule has 1 heterocycles. The van der Waals surface area contributed by atoms with Gasteiger partial charge in [-0.2, -0.15) is 0 Å². The number of carbonyl (C=O) groups excluding carboxylic acids is 1. The van der Waals surface area contributed by atoms with Gasteiger partial charge in [-0.25, -0.2) is 4.39 Å². The van der Waals surface area contributed by atoms with Gasteiger partial charge in [0.25, 0.3) is 0 Å². The average molecular weight is 232 g/mol. The number of halogens is 1. The lowest BCUT2D eigenvalue weighted by molar-refractivity contribution is -0.152. The zero-order valence-electron chi connectivity index (χ0n) is 10.6. The number of esters is 1. The van der Waals surface area contributed by atoms with Crippen LogP contribution in [0.4, 0.5) is 4.39 Å². The highest BCUT2D eigenvalue weighted by atomic mass is 19.1. The smallest absolute Gasteiger partial charge is 0.303 e. The molecule has 0 aromatic heterocycles. The van der Waals surface area contributed by atoms with E-state index in [4.69, 9.17) is 9.47 Å². The normalized spacial score (nSPS) is 34.8. The Morgan fingerprint density at radius 1 is 1.19 bits per heavy atom. The van der Waals surface area contributed by atoms with E-state index in [1.807, 2.05) is 27.7 Å². The lowest BCUT2D eigenvalue weighted by atomic mass is 9.96. The Kier molecular flexibility index (Phi) is 4.30. The number of hydrogen-bond acceptors (Lipinski definition) is 3. The molecule has 4 heteroatoms. The maximum absolute atomic E-state index is 14.1. The highest BCUT2D eigenvalue weighted by molar-refractivity contribution is 5.66. The van der Waals surface area contributed by atoms with Crippen LogP contribution in [0, 0.1) is 11.8 Å². The van der Waals surface area contributed by atoms with Crippen LogP contribution in [0.3, 0.4) is 0 Å². The lowest BCUT2D eigenvalue weighted by Gasteiger charge is -2.21. The summed E-state index contributed by atoms with van der Waals surface area (Å²) >= 11 is 0. The first-order valence-electron chi connectivity index (χ1n) is 5.81. The molecule has 0 aliphatic carbocycles. The van der Waals surface area contributed by atoms with Gasteiger partial charge in [0.1, 0.15) is 6.10 Å². The highest BCUT2D eigenvalue weighted by Gasteiger charge is 2.49. The van der Waals surface area contributed by atoms with Crippen molar-refractivity contribution in [1.82, 2.24) is 0 Å². The van der Waals surface area contributed by atoms with E-state index in [-0.39, 0.29) is 17.9 Å². The minimum absolute atomic E-state index is 0.0804. The molecule has 1 aliphatic rings. The lowest BCUT2D eigenvalue weighted by Crippen LogP contribution is -2.36. The Bertz CT molecular complexity index is 253. The summed E-state index contributed by atoms with van der Waals surface area (Å²) in [7, 11) is 0. The summed E-state index contributed by atoms with van der Waals surface area (Å²) in [4.78, 5) is 10.9. The molecule has 1 rings (SSSR count). The van der Waals surface area contributed by atoms with Gasteiger partial charge in [0.2, 0.25) is 0 Å². The fourth-order valence-corrected chi connectivity index (χ4v) is 2.09. The molecule has 0 unspecified atom stereocenters. The molecule has 94 valence electrons.